The van der Waals surface area contributed by atoms with Gasteiger partial charge in [-0.2, -0.15) is 0 Å². The van der Waals surface area contributed by atoms with Crippen molar-refractivity contribution >= 4 is 22.6 Å². The van der Waals surface area contributed by atoms with Crippen molar-refractivity contribution < 1.29 is 4.21 Å². The van der Waals surface area contributed by atoms with E-state index < -0.39 is 10.8 Å². The summed E-state index contributed by atoms with van der Waals surface area (Å²) in [5, 5.41) is 0. The molecule has 3 heteroatoms. The lowest BCUT2D eigenvalue weighted by molar-refractivity contribution is 0.573. The second-order valence-corrected chi connectivity index (χ2v) is 7.69. The fourth-order valence-corrected chi connectivity index (χ4v) is 3.31. The molecule has 0 aromatic heterocycles. The van der Waals surface area contributed by atoms with Crippen molar-refractivity contribution in [3.8, 4) is 0 Å². The molecule has 0 aromatic rings. The maximum Gasteiger partial charge on any atom is 0.0875 e. The Morgan fingerprint density at radius 3 is 2.13 bits per heavy atom. The molecule has 0 radical (unpaired) electrons. The first kappa shape index (κ1) is 15.5. The van der Waals surface area contributed by atoms with E-state index in [0.29, 0.717) is 0 Å². The molecule has 0 saturated carbocycles. The summed E-state index contributed by atoms with van der Waals surface area (Å²) in [6.45, 7) is 4.37. The molecule has 0 N–H and O–H groups in total. The molecule has 92 valence electrons. The van der Waals surface area contributed by atoms with Gasteiger partial charge in [0.1, 0.15) is 0 Å². The highest BCUT2D eigenvalue weighted by atomic mass is 32.2. The molecule has 2 unspecified atom stereocenters. The first-order valence-electron chi connectivity index (χ1n) is 5.95. The van der Waals surface area contributed by atoms with Gasteiger partial charge in [0, 0.05) is 17.1 Å². The van der Waals surface area contributed by atoms with Crippen molar-refractivity contribution in [2.75, 3.05) is 12.5 Å². The van der Waals surface area contributed by atoms with Crippen LogP contribution in [0, 0.1) is 0 Å². The van der Waals surface area contributed by atoms with Gasteiger partial charge in [0.2, 0.25) is 0 Å². The van der Waals surface area contributed by atoms with Gasteiger partial charge in [-0.05, 0) is 19.6 Å². The smallest absolute Gasteiger partial charge is 0.0875 e. The summed E-state index contributed by atoms with van der Waals surface area (Å²) in [4.78, 5) is 0. The van der Waals surface area contributed by atoms with Gasteiger partial charge in [-0.15, -0.1) is 11.8 Å². The molecule has 0 aliphatic carbocycles. The molecule has 0 spiro atoms. The number of rotatable bonds is 9. The van der Waals surface area contributed by atoms with Crippen LogP contribution in [0.5, 0.6) is 0 Å². The maximum absolute atomic E-state index is 11.6. The SMILES string of the molecule is CCCCCCCCC(C)(SC)S(C)=O. The third kappa shape index (κ3) is 6.62. The van der Waals surface area contributed by atoms with E-state index in [9.17, 15) is 4.21 Å². The molecule has 0 aliphatic heterocycles. The quantitative estimate of drug-likeness (QED) is 0.571. The number of thioether (sulfide) groups is 1. The number of hydrogen-bond donors (Lipinski definition) is 0. The summed E-state index contributed by atoms with van der Waals surface area (Å²) in [7, 11) is -0.715. The fourth-order valence-electron chi connectivity index (χ4n) is 1.59. The van der Waals surface area contributed by atoms with Crippen LogP contribution in [0.25, 0.3) is 0 Å². The standard InChI is InChI=1S/C12H26OS2/c1-5-6-7-8-9-10-11-12(2,14-3)15(4)13/h5-11H2,1-4H3. The van der Waals surface area contributed by atoms with Crippen LogP contribution in [0.3, 0.4) is 0 Å². The van der Waals surface area contributed by atoms with E-state index in [2.05, 4.69) is 20.1 Å². The average Bonchev–Trinajstić information content (AvgIpc) is 2.22. The van der Waals surface area contributed by atoms with Crippen molar-refractivity contribution in [1.29, 1.82) is 0 Å². The normalized spacial score (nSPS) is 17.3. The van der Waals surface area contributed by atoms with E-state index in [4.69, 9.17) is 0 Å². The third-order valence-corrected chi connectivity index (χ3v) is 6.72. The Morgan fingerprint density at radius 1 is 1.13 bits per heavy atom. The van der Waals surface area contributed by atoms with Crippen LogP contribution in [-0.2, 0) is 10.8 Å². The summed E-state index contributed by atoms with van der Waals surface area (Å²) in [5.41, 5.74) is 0. The van der Waals surface area contributed by atoms with Crippen molar-refractivity contribution in [3.05, 3.63) is 0 Å². The molecule has 0 saturated heterocycles. The second kappa shape index (κ2) is 8.63. The van der Waals surface area contributed by atoms with E-state index in [1.807, 2.05) is 6.26 Å². The third-order valence-electron chi connectivity index (χ3n) is 3.02. The van der Waals surface area contributed by atoms with Crippen molar-refractivity contribution in [1.82, 2.24) is 0 Å². The highest BCUT2D eigenvalue weighted by molar-refractivity contribution is 8.11. The largest absolute Gasteiger partial charge is 0.258 e. The molecule has 15 heavy (non-hydrogen) atoms. The fraction of sp³-hybridized carbons (Fsp3) is 1.00. The first-order chi connectivity index (χ1) is 7.06. The molecule has 0 heterocycles. The zero-order valence-electron chi connectivity index (χ0n) is 10.7. The summed E-state index contributed by atoms with van der Waals surface area (Å²) in [5.74, 6) is 0. The Labute approximate surface area is 102 Å². The van der Waals surface area contributed by atoms with Crippen LogP contribution in [-0.4, -0.2) is 20.8 Å². The van der Waals surface area contributed by atoms with Gasteiger partial charge in [0.05, 0.1) is 4.08 Å². The minimum atomic E-state index is -0.715. The van der Waals surface area contributed by atoms with E-state index in [1.54, 1.807) is 11.8 Å². The average molecular weight is 250 g/mol. The van der Waals surface area contributed by atoms with Gasteiger partial charge >= 0.3 is 0 Å². The highest BCUT2D eigenvalue weighted by Crippen LogP contribution is 2.31. The number of hydrogen-bond acceptors (Lipinski definition) is 2. The number of unbranched alkanes of at least 4 members (excludes halogenated alkanes) is 5. The van der Waals surface area contributed by atoms with Crippen LogP contribution in [0.1, 0.15) is 58.8 Å². The Hall–Kier alpha value is 0.500. The molecule has 0 aliphatic rings. The van der Waals surface area contributed by atoms with Gasteiger partial charge in [-0.3, -0.25) is 4.21 Å². The zero-order valence-corrected chi connectivity index (χ0v) is 12.3. The molecular weight excluding hydrogens is 224 g/mol. The predicted octanol–water partition coefficient (Wildman–Crippen LogP) is 4.19. The van der Waals surface area contributed by atoms with E-state index >= 15 is 0 Å². The van der Waals surface area contributed by atoms with Gasteiger partial charge < -0.3 is 0 Å². The van der Waals surface area contributed by atoms with Gasteiger partial charge in [-0.1, -0.05) is 45.4 Å². The van der Waals surface area contributed by atoms with Crippen LogP contribution in [0.15, 0.2) is 0 Å². The van der Waals surface area contributed by atoms with Crippen LogP contribution in [0.4, 0.5) is 0 Å². The van der Waals surface area contributed by atoms with Crippen molar-refractivity contribution in [2.45, 2.75) is 62.9 Å². The minimum Gasteiger partial charge on any atom is -0.258 e. The summed E-state index contributed by atoms with van der Waals surface area (Å²) < 4.78 is 11.5. The predicted molar refractivity (Wildman–Crippen MR) is 74.0 cm³/mol. The molecular formula is C12H26OS2. The second-order valence-electron chi connectivity index (χ2n) is 4.31. The van der Waals surface area contributed by atoms with E-state index in [0.717, 1.165) is 6.42 Å². The molecule has 2 atom stereocenters. The van der Waals surface area contributed by atoms with Gasteiger partial charge in [0.25, 0.3) is 0 Å². The Balaban J connectivity index is 3.60. The molecule has 0 bridgehead atoms. The van der Waals surface area contributed by atoms with Gasteiger partial charge in [0.15, 0.2) is 0 Å². The van der Waals surface area contributed by atoms with Crippen LogP contribution >= 0.6 is 11.8 Å². The minimum absolute atomic E-state index is 0.0231. The molecule has 0 aromatic carbocycles. The zero-order chi connectivity index (χ0) is 11.7. The maximum atomic E-state index is 11.6. The first-order valence-corrected chi connectivity index (χ1v) is 8.73. The Kier molecular flexibility index (Phi) is 8.92. The molecule has 1 nitrogen and oxygen atoms in total. The molecule has 0 rings (SSSR count). The topological polar surface area (TPSA) is 17.1 Å². The lowest BCUT2D eigenvalue weighted by atomic mass is 10.1. The Morgan fingerprint density at radius 2 is 1.67 bits per heavy atom. The lowest BCUT2D eigenvalue weighted by Gasteiger charge is -2.24. The van der Waals surface area contributed by atoms with Crippen molar-refractivity contribution in [3.63, 3.8) is 0 Å². The highest BCUT2D eigenvalue weighted by Gasteiger charge is 2.26. The van der Waals surface area contributed by atoms with E-state index in [1.165, 1.54) is 38.5 Å². The molecule has 0 fully saturated rings. The van der Waals surface area contributed by atoms with Crippen LogP contribution < -0.4 is 0 Å². The van der Waals surface area contributed by atoms with Crippen molar-refractivity contribution in [2.24, 2.45) is 0 Å². The summed E-state index contributed by atoms with van der Waals surface area (Å²) in [6.07, 6.45) is 12.9. The molecule has 0 amide bonds. The Bertz CT molecular complexity index is 182. The monoisotopic (exact) mass is 250 g/mol. The van der Waals surface area contributed by atoms with Crippen LogP contribution in [0.2, 0.25) is 0 Å². The van der Waals surface area contributed by atoms with E-state index in [-0.39, 0.29) is 4.08 Å². The van der Waals surface area contributed by atoms with Gasteiger partial charge in [-0.25, -0.2) is 0 Å². The summed E-state index contributed by atoms with van der Waals surface area (Å²) in [6, 6.07) is 0. The summed E-state index contributed by atoms with van der Waals surface area (Å²) >= 11 is 1.75. The lowest BCUT2D eigenvalue weighted by Crippen LogP contribution is -2.25.